The lowest BCUT2D eigenvalue weighted by Gasteiger charge is -2.09. The molecule has 27 heavy (non-hydrogen) atoms. The van der Waals surface area contributed by atoms with Gasteiger partial charge < -0.3 is 5.11 Å². The summed E-state index contributed by atoms with van der Waals surface area (Å²) >= 11 is 0. The maximum atomic E-state index is 10.2. The second-order valence-corrected chi connectivity index (χ2v) is 6.31. The Labute approximate surface area is 157 Å². The van der Waals surface area contributed by atoms with Gasteiger partial charge in [-0.25, -0.2) is 4.79 Å². The Kier molecular flexibility index (Phi) is 4.54. The molecule has 5 rings (SSSR count). The van der Waals surface area contributed by atoms with Crippen LogP contribution < -0.4 is 0 Å². The SMILES string of the molecule is O=C(O)c1ccccc1.c1ccc2c(c1)c1ccccc1c1ccccc21. The molecule has 5 aromatic carbocycles. The summed E-state index contributed by atoms with van der Waals surface area (Å²) in [6.45, 7) is 0. The first-order valence-corrected chi connectivity index (χ1v) is 8.82. The predicted molar refractivity (Wildman–Crippen MR) is 112 cm³/mol. The summed E-state index contributed by atoms with van der Waals surface area (Å²) in [5, 5.41) is 16.4. The summed E-state index contributed by atoms with van der Waals surface area (Å²) in [6, 6.07) is 34.3. The van der Waals surface area contributed by atoms with Crippen LogP contribution in [0.25, 0.3) is 32.3 Å². The fourth-order valence-corrected chi connectivity index (χ4v) is 3.44. The predicted octanol–water partition coefficient (Wildman–Crippen LogP) is 6.53. The molecule has 0 heterocycles. The molecular weight excluding hydrogens is 332 g/mol. The molecule has 0 atom stereocenters. The third kappa shape index (κ3) is 3.25. The van der Waals surface area contributed by atoms with Crippen molar-refractivity contribution in [3.63, 3.8) is 0 Å². The van der Waals surface area contributed by atoms with E-state index in [-0.39, 0.29) is 0 Å². The first kappa shape index (κ1) is 16.8. The van der Waals surface area contributed by atoms with Crippen LogP contribution in [-0.2, 0) is 0 Å². The van der Waals surface area contributed by atoms with Crippen molar-refractivity contribution in [2.24, 2.45) is 0 Å². The smallest absolute Gasteiger partial charge is 0.335 e. The van der Waals surface area contributed by atoms with Crippen molar-refractivity contribution in [1.29, 1.82) is 0 Å². The van der Waals surface area contributed by atoms with Gasteiger partial charge in [0.1, 0.15) is 0 Å². The maximum Gasteiger partial charge on any atom is 0.335 e. The zero-order chi connectivity index (χ0) is 18.6. The van der Waals surface area contributed by atoms with Crippen LogP contribution in [0.15, 0.2) is 103 Å². The number of hydrogen-bond acceptors (Lipinski definition) is 1. The zero-order valence-corrected chi connectivity index (χ0v) is 14.7. The van der Waals surface area contributed by atoms with Crippen molar-refractivity contribution in [2.45, 2.75) is 0 Å². The standard InChI is InChI=1S/C18H12.C7H6O2/c1-2-8-14-13(7-1)15-9-3-4-11-17(15)18-12-6-5-10-16(14)18;8-7(9)6-4-2-1-3-5-6/h1-12H;1-5H,(H,8,9). The lowest BCUT2D eigenvalue weighted by molar-refractivity contribution is 0.0697. The number of benzene rings is 5. The monoisotopic (exact) mass is 350 g/mol. The van der Waals surface area contributed by atoms with E-state index in [2.05, 4.69) is 72.8 Å². The van der Waals surface area contributed by atoms with Gasteiger partial charge in [0.15, 0.2) is 0 Å². The molecule has 0 fully saturated rings. The van der Waals surface area contributed by atoms with E-state index in [4.69, 9.17) is 5.11 Å². The van der Waals surface area contributed by atoms with E-state index in [9.17, 15) is 4.79 Å². The van der Waals surface area contributed by atoms with Crippen molar-refractivity contribution in [2.75, 3.05) is 0 Å². The van der Waals surface area contributed by atoms with Gasteiger partial charge in [0.2, 0.25) is 0 Å². The number of carbonyl (C=O) groups is 1. The molecule has 0 aromatic heterocycles. The molecule has 2 nitrogen and oxygen atoms in total. The van der Waals surface area contributed by atoms with Gasteiger partial charge in [-0.3, -0.25) is 0 Å². The van der Waals surface area contributed by atoms with E-state index >= 15 is 0 Å². The van der Waals surface area contributed by atoms with Gasteiger partial charge in [-0.1, -0.05) is 91.0 Å². The van der Waals surface area contributed by atoms with Crippen LogP contribution in [0.5, 0.6) is 0 Å². The number of fused-ring (bicyclic) bond motifs is 6. The number of hydrogen-bond donors (Lipinski definition) is 1. The second kappa shape index (κ2) is 7.30. The summed E-state index contributed by atoms with van der Waals surface area (Å²) in [6.07, 6.45) is 0. The Morgan fingerprint density at radius 1 is 0.444 bits per heavy atom. The average Bonchev–Trinajstić information content (AvgIpc) is 2.75. The molecule has 0 aliphatic carbocycles. The molecule has 0 bridgehead atoms. The minimum absolute atomic E-state index is 0.331. The summed E-state index contributed by atoms with van der Waals surface area (Å²) < 4.78 is 0. The molecule has 130 valence electrons. The van der Waals surface area contributed by atoms with Gasteiger partial charge in [-0.05, 0) is 44.5 Å². The van der Waals surface area contributed by atoms with Crippen LogP contribution in [0.1, 0.15) is 10.4 Å². The van der Waals surface area contributed by atoms with Gasteiger partial charge in [0, 0.05) is 0 Å². The fraction of sp³-hybridized carbons (Fsp3) is 0. The summed E-state index contributed by atoms with van der Waals surface area (Å²) in [5.41, 5.74) is 0.331. The van der Waals surface area contributed by atoms with Crippen LogP contribution in [0.2, 0.25) is 0 Å². The normalized spacial score (nSPS) is 10.5. The third-order valence-electron chi connectivity index (χ3n) is 4.67. The van der Waals surface area contributed by atoms with Crippen LogP contribution in [0.4, 0.5) is 0 Å². The molecule has 5 aromatic rings. The average molecular weight is 350 g/mol. The van der Waals surface area contributed by atoms with E-state index in [1.807, 2.05) is 0 Å². The minimum Gasteiger partial charge on any atom is -0.478 e. The number of rotatable bonds is 1. The highest BCUT2D eigenvalue weighted by atomic mass is 16.4. The Hall–Kier alpha value is -3.65. The van der Waals surface area contributed by atoms with Crippen molar-refractivity contribution in [3.05, 3.63) is 109 Å². The molecule has 0 spiro atoms. The lowest BCUT2D eigenvalue weighted by atomic mass is 9.95. The zero-order valence-electron chi connectivity index (χ0n) is 14.7. The first-order chi connectivity index (χ1) is 13.3. The van der Waals surface area contributed by atoms with Crippen molar-refractivity contribution < 1.29 is 9.90 Å². The van der Waals surface area contributed by atoms with Gasteiger partial charge in [0.25, 0.3) is 0 Å². The van der Waals surface area contributed by atoms with Gasteiger partial charge in [-0.2, -0.15) is 0 Å². The second-order valence-electron chi connectivity index (χ2n) is 6.31. The first-order valence-electron chi connectivity index (χ1n) is 8.82. The maximum absolute atomic E-state index is 10.2. The molecule has 0 radical (unpaired) electrons. The highest BCUT2D eigenvalue weighted by Crippen LogP contribution is 2.34. The molecule has 2 heteroatoms. The largest absolute Gasteiger partial charge is 0.478 e. The van der Waals surface area contributed by atoms with Crippen molar-refractivity contribution in [1.82, 2.24) is 0 Å². The Bertz CT molecular complexity index is 1020. The van der Waals surface area contributed by atoms with Crippen LogP contribution in [0, 0.1) is 0 Å². The van der Waals surface area contributed by atoms with Gasteiger partial charge >= 0.3 is 5.97 Å². The minimum atomic E-state index is -0.879. The molecular formula is C25H18O2. The van der Waals surface area contributed by atoms with Crippen LogP contribution >= 0.6 is 0 Å². The lowest BCUT2D eigenvalue weighted by Crippen LogP contribution is -1.93. The quantitative estimate of drug-likeness (QED) is 0.349. The molecule has 0 aliphatic rings. The van der Waals surface area contributed by atoms with Gasteiger partial charge in [-0.15, -0.1) is 0 Å². The molecule has 0 unspecified atom stereocenters. The van der Waals surface area contributed by atoms with Crippen molar-refractivity contribution in [3.8, 4) is 0 Å². The van der Waals surface area contributed by atoms with Gasteiger partial charge in [0.05, 0.1) is 5.56 Å². The summed E-state index contributed by atoms with van der Waals surface area (Å²) in [5.74, 6) is -0.879. The van der Waals surface area contributed by atoms with E-state index in [0.717, 1.165) is 0 Å². The van der Waals surface area contributed by atoms with Crippen LogP contribution in [0.3, 0.4) is 0 Å². The highest BCUT2D eigenvalue weighted by Gasteiger charge is 2.06. The Morgan fingerprint density at radius 2 is 0.704 bits per heavy atom. The number of carboxylic acids is 1. The molecule has 0 aliphatic heterocycles. The van der Waals surface area contributed by atoms with Crippen LogP contribution in [-0.4, -0.2) is 11.1 Å². The fourth-order valence-electron chi connectivity index (χ4n) is 3.44. The Morgan fingerprint density at radius 3 is 0.926 bits per heavy atom. The number of carboxylic acid groups (broad SMARTS) is 1. The van der Waals surface area contributed by atoms with E-state index in [1.165, 1.54) is 32.3 Å². The topological polar surface area (TPSA) is 37.3 Å². The van der Waals surface area contributed by atoms with E-state index < -0.39 is 5.97 Å². The third-order valence-corrected chi connectivity index (χ3v) is 4.67. The summed E-state index contributed by atoms with van der Waals surface area (Å²) in [7, 11) is 0. The van der Waals surface area contributed by atoms with E-state index in [0.29, 0.717) is 5.56 Å². The highest BCUT2D eigenvalue weighted by molar-refractivity contribution is 6.25. The summed E-state index contributed by atoms with van der Waals surface area (Å²) in [4.78, 5) is 10.2. The molecule has 0 saturated carbocycles. The molecule has 1 N–H and O–H groups in total. The van der Waals surface area contributed by atoms with Crippen molar-refractivity contribution >= 4 is 38.3 Å². The number of aromatic carboxylic acids is 1. The molecule has 0 amide bonds. The van der Waals surface area contributed by atoms with E-state index in [1.54, 1.807) is 30.3 Å². The Balaban J connectivity index is 0.000000170. The molecule has 0 saturated heterocycles.